The fraction of sp³-hybridized carbons (Fsp3) is 0.667. The lowest BCUT2D eigenvalue weighted by Gasteiger charge is -2.40. The minimum absolute atomic E-state index is 0.563. The van der Waals surface area contributed by atoms with Crippen LogP contribution in [0.3, 0.4) is 0 Å². The Morgan fingerprint density at radius 3 is 2.74 bits per heavy atom. The number of likely N-dealkylation sites (N-methyl/N-ethyl adjacent to an activating group) is 1. The van der Waals surface area contributed by atoms with E-state index in [2.05, 4.69) is 42.8 Å². The summed E-state index contributed by atoms with van der Waals surface area (Å²) >= 11 is 5.99. The average molecular weight is 282 g/mol. The Morgan fingerprint density at radius 2 is 2.11 bits per heavy atom. The molecule has 2 heterocycles. The SMILES string of the molecule is CCc1cc(CCl)cc(N2CCN(C)C(CC)C2)n1. The Labute approximate surface area is 121 Å². The summed E-state index contributed by atoms with van der Waals surface area (Å²) in [6.45, 7) is 7.62. The first-order valence-corrected chi connectivity index (χ1v) is 7.72. The molecule has 1 aromatic heterocycles. The molecule has 2 rings (SSSR count). The van der Waals surface area contributed by atoms with Gasteiger partial charge >= 0.3 is 0 Å². The zero-order valence-corrected chi connectivity index (χ0v) is 13.0. The van der Waals surface area contributed by atoms with E-state index in [1.807, 2.05) is 0 Å². The van der Waals surface area contributed by atoms with E-state index in [4.69, 9.17) is 16.6 Å². The molecule has 0 saturated carbocycles. The summed E-state index contributed by atoms with van der Waals surface area (Å²) < 4.78 is 0. The van der Waals surface area contributed by atoms with Crippen molar-refractivity contribution in [2.75, 3.05) is 31.6 Å². The maximum Gasteiger partial charge on any atom is 0.129 e. The molecule has 3 nitrogen and oxygen atoms in total. The molecule has 0 aromatic carbocycles. The summed E-state index contributed by atoms with van der Waals surface area (Å²) in [5.41, 5.74) is 2.32. The lowest BCUT2D eigenvalue weighted by atomic mass is 10.1. The molecule has 4 heteroatoms. The maximum atomic E-state index is 5.99. The molecule has 1 aliphatic heterocycles. The summed E-state index contributed by atoms with van der Waals surface area (Å²) in [6.07, 6.45) is 2.14. The van der Waals surface area contributed by atoms with E-state index in [1.165, 1.54) is 12.0 Å². The van der Waals surface area contributed by atoms with Crippen LogP contribution in [0.4, 0.5) is 5.82 Å². The van der Waals surface area contributed by atoms with E-state index in [0.29, 0.717) is 11.9 Å². The standard InChI is InChI=1S/C15H24ClN3/c1-4-13-8-12(10-16)9-15(17-13)19-7-6-18(3)14(5-2)11-19/h8-9,14H,4-7,10-11H2,1-3H3. The van der Waals surface area contributed by atoms with Gasteiger partial charge in [-0.15, -0.1) is 11.6 Å². The third-order valence-corrected chi connectivity index (χ3v) is 4.32. The quantitative estimate of drug-likeness (QED) is 0.791. The Hall–Kier alpha value is -0.800. The van der Waals surface area contributed by atoms with Crippen LogP contribution in [0.1, 0.15) is 31.5 Å². The van der Waals surface area contributed by atoms with Gasteiger partial charge in [0.25, 0.3) is 0 Å². The number of aryl methyl sites for hydroxylation is 1. The largest absolute Gasteiger partial charge is 0.354 e. The van der Waals surface area contributed by atoms with Gasteiger partial charge in [0.1, 0.15) is 5.82 Å². The van der Waals surface area contributed by atoms with Crippen molar-refractivity contribution in [3.05, 3.63) is 23.4 Å². The minimum Gasteiger partial charge on any atom is -0.354 e. The molecule has 0 amide bonds. The molecule has 1 saturated heterocycles. The Bertz CT molecular complexity index is 400. The van der Waals surface area contributed by atoms with Crippen molar-refractivity contribution in [2.45, 2.75) is 38.6 Å². The molecule has 0 bridgehead atoms. The van der Waals surface area contributed by atoms with Gasteiger partial charge < -0.3 is 4.90 Å². The monoisotopic (exact) mass is 281 g/mol. The first kappa shape index (κ1) is 14.6. The third kappa shape index (κ3) is 3.40. The van der Waals surface area contributed by atoms with Crippen molar-refractivity contribution in [3.63, 3.8) is 0 Å². The summed E-state index contributed by atoms with van der Waals surface area (Å²) in [4.78, 5) is 9.62. The molecule has 1 atom stereocenters. The van der Waals surface area contributed by atoms with Gasteiger partial charge in [-0.1, -0.05) is 13.8 Å². The molecule has 1 unspecified atom stereocenters. The molecule has 106 valence electrons. The number of rotatable bonds is 4. The molecule has 1 fully saturated rings. The zero-order valence-electron chi connectivity index (χ0n) is 12.2. The first-order valence-electron chi connectivity index (χ1n) is 7.18. The fourth-order valence-electron chi connectivity index (χ4n) is 2.65. The van der Waals surface area contributed by atoms with Gasteiger partial charge in [-0.25, -0.2) is 4.98 Å². The highest BCUT2D eigenvalue weighted by molar-refractivity contribution is 6.17. The molecule has 1 aromatic rings. The number of halogens is 1. The normalized spacial score (nSPS) is 20.8. The number of hydrogen-bond acceptors (Lipinski definition) is 3. The van der Waals surface area contributed by atoms with E-state index in [-0.39, 0.29) is 0 Å². The average Bonchev–Trinajstić information content (AvgIpc) is 2.47. The number of alkyl halides is 1. The molecule has 0 radical (unpaired) electrons. The number of anilines is 1. The van der Waals surface area contributed by atoms with Gasteiger partial charge in [0.15, 0.2) is 0 Å². The molecule has 0 aliphatic carbocycles. The van der Waals surface area contributed by atoms with Gasteiger partial charge in [-0.2, -0.15) is 0 Å². The van der Waals surface area contributed by atoms with Crippen molar-refractivity contribution < 1.29 is 0 Å². The second-order valence-corrected chi connectivity index (χ2v) is 5.57. The highest BCUT2D eigenvalue weighted by atomic mass is 35.5. The predicted octanol–water partition coefficient (Wildman–Crippen LogP) is 2.91. The van der Waals surface area contributed by atoms with Crippen molar-refractivity contribution in [3.8, 4) is 0 Å². The van der Waals surface area contributed by atoms with Gasteiger partial charge in [0.05, 0.1) is 0 Å². The topological polar surface area (TPSA) is 19.4 Å². The highest BCUT2D eigenvalue weighted by Crippen LogP contribution is 2.21. The van der Waals surface area contributed by atoms with Crippen LogP contribution in [0.2, 0.25) is 0 Å². The molecule has 0 spiro atoms. The summed E-state index contributed by atoms with van der Waals surface area (Å²) in [6, 6.07) is 4.88. The smallest absolute Gasteiger partial charge is 0.129 e. The Balaban J connectivity index is 2.21. The van der Waals surface area contributed by atoms with E-state index in [1.54, 1.807) is 0 Å². The fourth-order valence-corrected chi connectivity index (χ4v) is 2.80. The van der Waals surface area contributed by atoms with Crippen molar-refractivity contribution in [1.82, 2.24) is 9.88 Å². The Morgan fingerprint density at radius 1 is 1.32 bits per heavy atom. The predicted molar refractivity (Wildman–Crippen MR) is 82.1 cm³/mol. The summed E-state index contributed by atoms with van der Waals surface area (Å²) in [5, 5.41) is 0. The molecule has 19 heavy (non-hydrogen) atoms. The number of aromatic nitrogens is 1. The molecular formula is C15H24ClN3. The van der Waals surface area contributed by atoms with Crippen LogP contribution in [0.15, 0.2) is 12.1 Å². The van der Waals surface area contributed by atoms with Crippen molar-refractivity contribution >= 4 is 17.4 Å². The van der Waals surface area contributed by atoms with E-state index in [9.17, 15) is 0 Å². The second kappa shape index (κ2) is 6.58. The van der Waals surface area contributed by atoms with Crippen LogP contribution in [-0.4, -0.2) is 42.6 Å². The van der Waals surface area contributed by atoms with Crippen LogP contribution in [0, 0.1) is 0 Å². The van der Waals surface area contributed by atoms with Crippen LogP contribution in [-0.2, 0) is 12.3 Å². The third-order valence-electron chi connectivity index (χ3n) is 4.01. The number of pyridine rings is 1. The molecular weight excluding hydrogens is 258 g/mol. The van der Waals surface area contributed by atoms with Crippen LogP contribution >= 0.6 is 11.6 Å². The van der Waals surface area contributed by atoms with Gasteiger partial charge in [-0.05, 0) is 37.6 Å². The second-order valence-electron chi connectivity index (χ2n) is 5.30. The highest BCUT2D eigenvalue weighted by Gasteiger charge is 2.23. The van der Waals surface area contributed by atoms with Crippen LogP contribution in [0.25, 0.3) is 0 Å². The van der Waals surface area contributed by atoms with Crippen molar-refractivity contribution in [2.24, 2.45) is 0 Å². The van der Waals surface area contributed by atoms with Gasteiger partial charge in [0, 0.05) is 37.3 Å². The molecule has 1 aliphatic rings. The lowest BCUT2D eigenvalue weighted by Crippen LogP contribution is -2.51. The first-order chi connectivity index (χ1) is 9.17. The Kier molecular flexibility index (Phi) is 5.06. The molecule has 0 N–H and O–H groups in total. The number of piperazine rings is 1. The number of hydrogen-bond donors (Lipinski definition) is 0. The minimum atomic E-state index is 0.563. The van der Waals surface area contributed by atoms with Crippen LogP contribution in [0.5, 0.6) is 0 Å². The van der Waals surface area contributed by atoms with E-state index >= 15 is 0 Å². The van der Waals surface area contributed by atoms with Gasteiger partial charge in [0.2, 0.25) is 0 Å². The number of nitrogens with zero attached hydrogens (tertiary/aromatic N) is 3. The van der Waals surface area contributed by atoms with Gasteiger partial charge in [-0.3, -0.25) is 4.90 Å². The summed E-state index contributed by atoms with van der Waals surface area (Å²) in [5.74, 6) is 1.66. The summed E-state index contributed by atoms with van der Waals surface area (Å²) in [7, 11) is 2.21. The zero-order chi connectivity index (χ0) is 13.8. The maximum absolute atomic E-state index is 5.99. The van der Waals surface area contributed by atoms with Crippen LogP contribution < -0.4 is 4.90 Å². The van der Waals surface area contributed by atoms with E-state index in [0.717, 1.165) is 37.6 Å². The van der Waals surface area contributed by atoms with E-state index < -0.39 is 0 Å². The van der Waals surface area contributed by atoms with Crippen molar-refractivity contribution in [1.29, 1.82) is 0 Å². The lowest BCUT2D eigenvalue weighted by molar-refractivity contribution is 0.213.